The smallest absolute Gasteiger partial charge is 0.322 e. The molecule has 4 heteroatoms. The van der Waals surface area contributed by atoms with Crippen molar-refractivity contribution in [3.63, 3.8) is 0 Å². The Morgan fingerprint density at radius 3 is 2.67 bits per heavy atom. The highest BCUT2D eigenvalue weighted by Crippen LogP contribution is 2.34. The van der Waals surface area contributed by atoms with Gasteiger partial charge in [0.15, 0.2) is 0 Å². The van der Waals surface area contributed by atoms with Crippen molar-refractivity contribution < 1.29 is 9.53 Å². The van der Waals surface area contributed by atoms with Crippen LogP contribution in [0.4, 0.5) is 0 Å². The average molecular weight is 214 g/mol. The fourth-order valence-electron chi connectivity index (χ4n) is 1.75. The van der Waals surface area contributed by atoms with Crippen molar-refractivity contribution in [2.24, 2.45) is 11.7 Å². The zero-order valence-corrected chi connectivity index (χ0v) is 9.90. The first-order chi connectivity index (χ1) is 7.06. The zero-order chi connectivity index (χ0) is 11.4. The molecule has 1 aliphatic rings. The summed E-state index contributed by atoms with van der Waals surface area (Å²) in [6.07, 6.45) is 3.35. The van der Waals surface area contributed by atoms with Gasteiger partial charge in [0.2, 0.25) is 0 Å². The molecule has 0 aromatic rings. The summed E-state index contributed by atoms with van der Waals surface area (Å²) in [5, 5.41) is 0. The van der Waals surface area contributed by atoms with Gasteiger partial charge in [0.25, 0.3) is 0 Å². The van der Waals surface area contributed by atoms with E-state index in [0.29, 0.717) is 12.5 Å². The summed E-state index contributed by atoms with van der Waals surface area (Å²) in [6.45, 7) is 3.09. The fraction of sp³-hybridized carbons (Fsp3) is 0.909. The molecule has 0 aromatic heterocycles. The van der Waals surface area contributed by atoms with Crippen LogP contribution in [0.5, 0.6) is 0 Å². The number of carbonyl (C=O) groups excluding carboxylic acids is 1. The van der Waals surface area contributed by atoms with Gasteiger partial charge in [-0.15, -0.1) is 0 Å². The molecule has 1 aliphatic carbocycles. The van der Waals surface area contributed by atoms with Gasteiger partial charge in [-0.05, 0) is 39.2 Å². The number of carbonyl (C=O) groups is 1. The molecule has 0 saturated heterocycles. The Labute approximate surface area is 91.8 Å². The quantitative estimate of drug-likeness (QED) is 0.658. The van der Waals surface area contributed by atoms with Crippen LogP contribution in [0, 0.1) is 5.92 Å². The topological polar surface area (TPSA) is 55.6 Å². The Morgan fingerprint density at radius 2 is 2.20 bits per heavy atom. The van der Waals surface area contributed by atoms with Crippen molar-refractivity contribution in [3.05, 3.63) is 0 Å². The van der Waals surface area contributed by atoms with Crippen molar-refractivity contribution in [1.82, 2.24) is 4.90 Å². The molecule has 2 atom stereocenters. The summed E-state index contributed by atoms with van der Waals surface area (Å²) in [6, 6.07) is 0.124. The molecule has 0 amide bonds. The molecule has 0 radical (unpaired) electrons. The van der Waals surface area contributed by atoms with E-state index in [-0.39, 0.29) is 5.97 Å². The fourth-order valence-corrected chi connectivity index (χ4v) is 1.75. The highest BCUT2D eigenvalue weighted by molar-refractivity contribution is 5.75. The normalized spacial score (nSPS) is 20.1. The second-order valence-electron chi connectivity index (χ2n) is 4.48. The molecular weight excluding hydrogens is 192 g/mol. The van der Waals surface area contributed by atoms with Crippen LogP contribution in [0.25, 0.3) is 0 Å². The van der Waals surface area contributed by atoms with Crippen LogP contribution in [0.3, 0.4) is 0 Å². The van der Waals surface area contributed by atoms with Gasteiger partial charge in [-0.1, -0.05) is 0 Å². The third kappa shape index (κ3) is 3.80. The molecule has 1 saturated carbocycles. The van der Waals surface area contributed by atoms with Gasteiger partial charge in [0.1, 0.15) is 6.04 Å². The number of hydrogen-bond acceptors (Lipinski definition) is 4. The van der Waals surface area contributed by atoms with E-state index in [2.05, 4.69) is 23.6 Å². The predicted octanol–water partition coefficient (Wildman–Crippen LogP) is 0.607. The molecule has 15 heavy (non-hydrogen) atoms. The third-order valence-corrected chi connectivity index (χ3v) is 3.30. The zero-order valence-electron chi connectivity index (χ0n) is 9.90. The van der Waals surface area contributed by atoms with Gasteiger partial charge in [-0.2, -0.15) is 0 Å². The number of ether oxygens (including phenoxy) is 1. The number of methoxy groups -OCH3 is 1. The van der Waals surface area contributed by atoms with Crippen LogP contribution in [0.1, 0.15) is 26.2 Å². The highest BCUT2D eigenvalue weighted by Gasteiger charge is 2.30. The molecule has 4 nitrogen and oxygen atoms in total. The average Bonchev–Trinajstić information content (AvgIpc) is 3.06. The van der Waals surface area contributed by atoms with Gasteiger partial charge in [0, 0.05) is 12.6 Å². The van der Waals surface area contributed by atoms with Crippen LogP contribution in [-0.4, -0.2) is 43.7 Å². The summed E-state index contributed by atoms with van der Waals surface area (Å²) >= 11 is 0. The first kappa shape index (κ1) is 12.5. The summed E-state index contributed by atoms with van der Waals surface area (Å²) in [4.78, 5) is 13.4. The lowest BCUT2D eigenvalue weighted by Gasteiger charge is -2.25. The largest absolute Gasteiger partial charge is 0.468 e. The Balaban J connectivity index is 2.20. The maximum absolute atomic E-state index is 11.1. The molecule has 0 heterocycles. The number of nitrogens with two attached hydrogens (primary N) is 1. The van der Waals surface area contributed by atoms with Gasteiger partial charge in [-0.3, -0.25) is 4.79 Å². The van der Waals surface area contributed by atoms with E-state index in [4.69, 9.17) is 5.73 Å². The van der Waals surface area contributed by atoms with E-state index in [1.807, 2.05) is 0 Å². The Kier molecular flexibility index (Phi) is 4.54. The van der Waals surface area contributed by atoms with Crippen LogP contribution < -0.4 is 5.73 Å². The molecule has 1 fully saturated rings. The molecule has 0 aromatic carbocycles. The summed E-state index contributed by atoms with van der Waals surface area (Å²) < 4.78 is 4.58. The Hall–Kier alpha value is -0.610. The van der Waals surface area contributed by atoms with Gasteiger partial charge in [-0.25, -0.2) is 0 Å². The molecule has 2 unspecified atom stereocenters. The van der Waals surface area contributed by atoms with E-state index in [0.717, 1.165) is 12.5 Å². The SMILES string of the molecule is COC(=O)C(N)CCN(C)C(C)C1CC1. The van der Waals surface area contributed by atoms with Crippen LogP contribution >= 0.6 is 0 Å². The first-order valence-corrected chi connectivity index (χ1v) is 5.60. The highest BCUT2D eigenvalue weighted by atomic mass is 16.5. The van der Waals surface area contributed by atoms with Crippen molar-refractivity contribution in [3.8, 4) is 0 Å². The third-order valence-electron chi connectivity index (χ3n) is 3.30. The van der Waals surface area contributed by atoms with E-state index in [1.165, 1.54) is 20.0 Å². The van der Waals surface area contributed by atoms with Crippen molar-refractivity contribution in [1.29, 1.82) is 0 Å². The van der Waals surface area contributed by atoms with Crippen LogP contribution in [0.2, 0.25) is 0 Å². The van der Waals surface area contributed by atoms with Crippen molar-refractivity contribution >= 4 is 5.97 Å². The number of hydrogen-bond donors (Lipinski definition) is 1. The minimum atomic E-state index is -0.483. The van der Waals surface area contributed by atoms with E-state index < -0.39 is 6.04 Å². The molecule has 2 N–H and O–H groups in total. The van der Waals surface area contributed by atoms with E-state index in [1.54, 1.807) is 0 Å². The summed E-state index contributed by atoms with van der Waals surface area (Å²) in [5.74, 6) is 0.534. The lowest BCUT2D eigenvalue weighted by molar-refractivity contribution is -0.142. The van der Waals surface area contributed by atoms with Crippen molar-refractivity contribution in [2.75, 3.05) is 20.7 Å². The number of rotatable bonds is 6. The summed E-state index contributed by atoms with van der Waals surface area (Å²) in [5.41, 5.74) is 5.67. The molecular formula is C11H22N2O2. The second kappa shape index (κ2) is 5.47. The van der Waals surface area contributed by atoms with E-state index >= 15 is 0 Å². The van der Waals surface area contributed by atoms with E-state index in [9.17, 15) is 4.79 Å². The lowest BCUT2D eigenvalue weighted by Crippen LogP contribution is -2.38. The molecule has 1 rings (SSSR count). The van der Waals surface area contributed by atoms with Gasteiger partial charge in [0.05, 0.1) is 7.11 Å². The van der Waals surface area contributed by atoms with Gasteiger partial charge >= 0.3 is 5.97 Å². The van der Waals surface area contributed by atoms with Gasteiger partial charge < -0.3 is 15.4 Å². The standard InChI is InChI=1S/C11H22N2O2/c1-8(9-4-5-9)13(2)7-6-10(12)11(14)15-3/h8-10H,4-7,12H2,1-3H3. The van der Waals surface area contributed by atoms with Crippen LogP contribution in [0.15, 0.2) is 0 Å². The van der Waals surface area contributed by atoms with Crippen molar-refractivity contribution in [2.45, 2.75) is 38.3 Å². The molecule has 88 valence electrons. The first-order valence-electron chi connectivity index (χ1n) is 5.60. The maximum Gasteiger partial charge on any atom is 0.322 e. The van der Waals surface area contributed by atoms with Crippen LogP contribution in [-0.2, 0) is 9.53 Å². The number of esters is 1. The minimum Gasteiger partial charge on any atom is -0.468 e. The monoisotopic (exact) mass is 214 g/mol. The lowest BCUT2D eigenvalue weighted by atomic mass is 10.1. The maximum atomic E-state index is 11.1. The minimum absolute atomic E-state index is 0.317. The molecule has 0 bridgehead atoms. The summed E-state index contributed by atoms with van der Waals surface area (Å²) in [7, 11) is 3.46. The number of nitrogens with zero attached hydrogens (tertiary/aromatic N) is 1. The second-order valence-corrected chi connectivity index (χ2v) is 4.48. The Morgan fingerprint density at radius 1 is 1.60 bits per heavy atom. The molecule has 0 spiro atoms. The Bertz CT molecular complexity index is 217. The predicted molar refractivity (Wildman–Crippen MR) is 59.4 cm³/mol. The molecule has 0 aliphatic heterocycles.